The van der Waals surface area contributed by atoms with E-state index in [1.54, 1.807) is 0 Å². The van der Waals surface area contributed by atoms with Crippen LogP contribution in [0.25, 0.3) is 0 Å². The molecule has 2 rings (SSSR count). The van der Waals surface area contributed by atoms with Crippen molar-refractivity contribution in [1.29, 1.82) is 0 Å². The number of hydrogen-bond donors (Lipinski definition) is 1. The molecule has 1 aromatic rings. The second kappa shape index (κ2) is 5.94. The van der Waals surface area contributed by atoms with E-state index in [-0.39, 0.29) is 0 Å². The molecule has 0 aromatic heterocycles. The topological polar surface area (TPSA) is 15.3 Å². The third-order valence-electron chi connectivity index (χ3n) is 3.75. The van der Waals surface area contributed by atoms with Crippen molar-refractivity contribution in [1.82, 2.24) is 5.32 Å². The van der Waals surface area contributed by atoms with Crippen LogP contribution in [-0.4, -0.2) is 25.7 Å². The smallest absolute Gasteiger partial charge is 0.0426 e. The van der Waals surface area contributed by atoms with Crippen LogP contribution in [0.3, 0.4) is 0 Å². The molecular weight excluding hydrogens is 244 g/mol. The Morgan fingerprint density at radius 1 is 1.39 bits per heavy atom. The predicted molar refractivity (Wildman–Crippen MR) is 79.6 cm³/mol. The summed E-state index contributed by atoms with van der Waals surface area (Å²) in [5.74, 6) is 0.657. The van der Waals surface area contributed by atoms with Gasteiger partial charge in [0, 0.05) is 29.8 Å². The molecule has 1 unspecified atom stereocenters. The van der Waals surface area contributed by atoms with Crippen molar-refractivity contribution < 1.29 is 0 Å². The summed E-state index contributed by atoms with van der Waals surface area (Å²) >= 11 is 6.13. The molecule has 0 radical (unpaired) electrons. The summed E-state index contributed by atoms with van der Waals surface area (Å²) in [5.41, 5.74) is 2.60. The van der Waals surface area contributed by atoms with Gasteiger partial charge in [0.15, 0.2) is 0 Å². The number of anilines is 1. The van der Waals surface area contributed by atoms with Gasteiger partial charge >= 0.3 is 0 Å². The fourth-order valence-corrected chi connectivity index (χ4v) is 2.71. The van der Waals surface area contributed by atoms with Crippen LogP contribution in [0.4, 0.5) is 5.69 Å². The Morgan fingerprint density at radius 2 is 2.17 bits per heavy atom. The zero-order valence-corrected chi connectivity index (χ0v) is 12.3. The van der Waals surface area contributed by atoms with Crippen LogP contribution < -0.4 is 10.2 Å². The van der Waals surface area contributed by atoms with E-state index in [2.05, 4.69) is 43.1 Å². The zero-order valence-electron chi connectivity index (χ0n) is 11.5. The number of benzene rings is 1. The first kappa shape index (κ1) is 13.7. The van der Waals surface area contributed by atoms with E-state index in [9.17, 15) is 0 Å². The first-order chi connectivity index (χ1) is 8.58. The van der Waals surface area contributed by atoms with E-state index < -0.39 is 0 Å². The average Bonchev–Trinajstić information content (AvgIpc) is 2.58. The number of aryl methyl sites for hydroxylation is 1. The quantitative estimate of drug-likeness (QED) is 0.882. The highest BCUT2D eigenvalue weighted by Crippen LogP contribution is 2.26. The van der Waals surface area contributed by atoms with Gasteiger partial charge in [0.1, 0.15) is 0 Å². The molecule has 0 spiro atoms. The maximum atomic E-state index is 6.13. The van der Waals surface area contributed by atoms with Crippen LogP contribution in [-0.2, 0) is 0 Å². The van der Waals surface area contributed by atoms with Crippen molar-refractivity contribution in [3.8, 4) is 0 Å². The van der Waals surface area contributed by atoms with Gasteiger partial charge in [-0.2, -0.15) is 0 Å². The minimum absolute atomic E-state index is 0.561. The minimum atomic E-state index is 0.561. The van der Waals surface area contributed by atoms with Crippen LogP contribution in [0, 0.1) is 12.8 Å². The van der Waals surface area contributed by atoms with Gasteiger partial charge in [0.2, 0.25) is 0 Å². The van der Waals surface area contributed by atoms with Crippen LogP contribution in [0.15, 0.2) is 18.2 Å². The van der Waals surface area contributed by atoms with E-state index in [0.717, 1.165) is 24.7 Å². The van der Waals surface area contributed by atoms with E-state index in [1.807, 2.05) is 6.07 Å². The Morgan fingerprint density at radius 3 is 2.89 bits per heavy atom. The summed E-state index contributed by atoms with van der Waals surface area (Å²) in [6, 6.07) is 6.74. The van der Waals surface area contributed by atoms with Gasteiger partial charge in [-0.25, -0.2) is 0 Å². The van der Waals surface area contributed by atoms with Gasteiger partial charge in [-0.1, -0.05) is 31.5 Å². The van der Waals surface area contributed by atoms with Gasteiger partial charge in [0.05, 0.1) is 0 Å². The third-order valence-corrected chi connectivity index (χ3v) is 3.98. The number of rotatable bonds is 2. The lowest BCUT2D eigenvalue weighted by Gasteiger charge is -2.29. The second-order valence-corrected chi connectivity index (χ2v) is 5.97. The summed E-state index contributed by atoms with van der Waals surface area (Å²) in [6.45, 7) is 10.0. The lowest BCUT2D eigenvalue weighted by Crippen LogP contribution is -2.41. The molecule has 1 aromatic carbocycles. The van der Waals surface area contributed by atoms with Gasteiger partial charge in [-0.15, -0.1) is 0 Å². The Bertz CT molecular complexity index is 403. The van der Waals surface area contributed by atoms with E-state index >= 15 is 0 Å². The molecule has 1 saturated heterocycles. The summed E-state index contributed by atoms with van der Waals surface area (Å²) in [5, 5.41) is 4.47. The van der Waals surface area contributed by atoms with Crippen molar-refractivity contribution in [2.45, 2.75) is 33.2 Å². The molecule has 1 heterocycles. The Hall–Kier alpha value is -0.730. The zero-order chi connectivity index (χ0) is 13.1. The third kappa shape index (κ3) is 3.18. The van der Waals surface area contributed by atoms with Gasteiger partial charge < -0.3 is 10.2 Å². The average molecular weight is 267 g/mol. The van der Waals surface area contributed by atoms with Gasteiger partial charge in [0.25, 0.3) is 0 Å². The highest BCUT2D eigenvalue weighted by molar-refractivity contribution is 6.30. The maximum absolute atomic E-state index is 6.13. The SMILES string of the molecule is Cc1ccc(Cl)cc1N1CCCNC(C(C)C)C1. The van der Waals surface area contributed by atoms with Crippen LogP contribution >= 0.6 is 11.6 Å². The molecule has 0 aliphatic carbocycles. The van der Waals surface area contributed by atoms with Crippen LogP contribution in [0.2, 0.25) is 5.02 Å². The molecule has 1 fully saturated rings. The monoisotopic (exact) mass is 266 g/mol. The molecular formula is C15H23ClN2. The van der Waals surface area contributed by atoms with Crippen LogP contribution in [0.1, 0.15) is 25.8 Å². The minimum Gasteiger partial charge on any atom is -0.370 e. The first-order valence-electron chi connectivity index (χ1n) is 6.82. The highest BCUT2D eigenvalue weighted by atomic mass is 35.5. The molecule has 100 valence electrons. The summed E-state index contributed by atoms with van der Waals surface area (Å²) < 4.78 is 0. The molecule has 18 heavy (non-hydrogen) atoms. The molecule has 3 heteroatoms. The largest absolute Gasteiger partial charge is 0.370 e. The molecule has 1 N–H and O–H groups in total. The summed E-state index contributed by atoms with van der Waals surface area (Å²) in [7, 11) is 0. The second-order valence-electron chi connectivity index (χ2n) is 5.54. The van der Waals surface area contributed by atoms with Crippen LogP contribution in [0.5, 0.6) is 0 Å². The predicted octanol–water partition coefficient (Wildman–Crippen LogP) is 3.47. The molecule has 0 saturated carbocycles. The van der Waals surface area contributed by atoms with Gasteiger partial charge in [-0.05, 0) is 43.5 Å². The Labute approximate surface area is 115 Å². The normalized spacial score (nSPS) is 21.2. The number of nitrogens with zero attached hydrogens (tertiary/aromatic N) is 1. The summed E-state index contributed by atoms with van der Waals surface area (Å²) in [6.07, 6.45) is 1.19. The lowest BCUT2D eigenvalue weighted by atomic mass is 10.0. The number of nitrogens with one attached hydrogen (secondary N) is 1. The Kier molecular flexibility index (Phi) is 4.52. The van der Waals surface area contributed by atoms with Crippen molar-refractivity contribution in [2.75, 3.05) is 24.5 Å². The molecule has 0 bridgehead atoms. The molecule has 2 nitrogen and oxygen atoms in total. The van der Waals surface area contributed by atoms with Crippen molar-refractivity contribution in [3.63, 3.8) is 0 Å². The molecule has 1 aliphatic heterocycles. The van der Waals surface area contributed by atoms with Crippen molar-refractivity contribution >= 4 is 17.3 Å². The van der Waals surface area contributed by atoms with E-state index in [1.165, 1.54) is 17.7 Å². The highest BCUT2D eigenvalue weighted by Gasteiger charge is 2.21. The molecule has 1 aliphatic rings. The first-order valence-corrected chi connectivity index (χ1v) is 7.20. The van der Waals surface area contributed by atoms with E-state index in [4.69, 9.17) is 11.6 Å². The summed E-state index contributed by atoms with van der Waals surface area (Å²) in [4.78, 5) is 2.48. The standard InChI is InChI=1S/C15H23ClN2/c1-11(2)14-10-18(8-4-7-17-14)15-9-13(16)6-5-12(15)3/h5-6,9,11,14,17H,4,7-8,10H2,1-3H3. The van der Waals surface area contributed by atoms with Crippen molar-refractivity contribution in [2.24, 2.45) is 5.92 Å². The van der Waals surface area contributed by atoms with E-state index in [0.29, 0.717) is 12.0 Å². The Balaban J connectivity index is 2.22. The lowest BCUT2D eigenvalue weighted by molar-refractivity contribution is 0.420. The van der Waals surface area contributed by atoms with Gasteiger partial charge in [-0.3, -0.25) is 0 Å². The molecule has 0 amide bonds. The fourth-order valence-electron chi connectivity index (χ4n) is 2.54. The fraction of sp³-hybridized carbons (Fsp3) is 0.600. The molecule has 1 atom stereocenters. The maximum Gasteiger partial charge on any atom is 0.0426 e. The number of halogens is 1. The number of hydrogen-bond acceptors (Lipinski definition) is 2. The van der Waals surface area contributed by atoms with Crippen molar-refractivity contribution in [3.05, 3.63) is 28.8 Å².